The fourth-order valence-corrected chi connectivity index (χ4v) is 2.63. The number of amides is 1. The minimum atomic E-state index is 0.290. The summed E-state index contributed by atoms with van der Waals surface area (Å²) < 4.78 is 0. The van der Waals surface area contributed by atoms with Crippen LogP contribution in [0, 0.1) is 0 Å². The molecule has 0 radical (unpaired) electrons. The standard InChI is InChI=1S/C15H19BrClNO/c16-10-2-1-3-15(19)18(14-8-9-14)11-12-4-6-13(17)7-5-12/h4-7,14H,1-3,8-11H2. The van der Waals surface area contributed by atoms with E-state index in [-0.39, 0.29) is 0 Å². The molecule has 2 nitrogen and oxygen atoms in total. The van der Waals surface area contributed by atoms with Crippen molar-refractivity contribution in [1.29, 1.82) is 0 Å². The van der Waals surface area contributed by atoms with Crippen LogP contribution in [0.15, 0.2) is 24.3 Å². The van der Waals surface area contributed by atoms with Crippen molar-refractivity contribution in [3.8, 4) is 0 Å². The average Bonchev–Trinajstić information content (AvgIpc) is 3.22. The van der Waals surface area contributed by atoms with Crippen molar-refractivity contribution in [2.45, 2.75) is 44.7 Å². The van der Waals surface area contributed by atoms with E-state index in [1.165, 1.54) is 0 Å². The fraction of sp³-hybridized carbons (Fsp3) is 0.533. The van der Waals surface area contributed by atoms with Gasteiger partial charge in [-0.1, -0.05) is 39.7 Å². The summed E-state index contributed by atoms with van der Waals surface area (Å²) >= 11 is 9.29. The van der Waals surface area contributed by atoms with Gasteiger partial charge in [0.05, 0.1) is 0 Å². The predicted octanol–water partition coefficient (Wildman–Crippen LogP) is 4.40. The molecule has 0 unspecified atom stereocenters. The maximum Gasteiger partial charge on any atom is 0.223 e. The van der Waals surface area contributed by atoms with E-state index in [0.29, 0.717) is 18.4 Å². The number of nitrogens with zero attached hydrogens (tertiary/aromatic N) is 1. The maximum absolute atomic E-state index is 12.3. The maximum atomic E-state index is 12.3. The predicted molar refractivity (Wildman–Crippen MR) is 82.7 cm³/mol. The van der Waals surface area contributed by atoms with Gasteiger partial charge in [0.15, 0.2) is 0 Å². The van der Waals surface area contributed by atoms with Crippen molar-refractivity contribution in [1.82, 2.24) is 4.90 Å². The molecule has 0 saturated heterocycles. The van der Waals surface area contributed by atoms with E-state index < -0.39 is 0 Å². The molecule has 0 aliphatic heterocycles. The quantitative estimate of drug-likeness (QED) is 0.530. The van der Waals surface area contributed by atoms with Gasteiger partial charge in [0, 0.05) is 29.4 Å². The Kier molecular flexibility index (Phi) is 5.71. The van der Waals surface area contributed by atoms with Crippen LogP contribution in [0.5, 0.6) is 0 Å². The van der Waals surface area contributed by atoms with Crippen LogP contribution < -0.4 is 0 Å². The van der Waals surface area contributed by atoms with Crippen molar-refractivity contribution in [2.24, 2.45) is 0 Å². The molecule has 1 aliphatic carbocycles. The molecule has 0 atom stereocenters. The van der Waals surface area contributed by atoms with Gasteiger partial charge in [0.25, 0.3) is 0 Å². The van der Waals surface area contributed by atoms with Gasteiger partial charge in [-0.05, 0) is 43.4 Å². The second-order valence-corrected chi connectivity index (χ2v) is 6.25. The first kappa shape index (κ1) is 14.9. The highest BCUT2D eigenvalue weighted by molar-refractivity contribution is 9.09. The number of benzene rings is 1. The summed E-state index contributed by atoms with van der Waals surface area (Å²) in [5.74, 6) is 0.290. The fourth-order valence-electron chi connectivity index (χ4n) is 2.11. The Morgan fingerprint density at radius 1 is 1.26 bits per heavy atom. The van der Waals surface area contributed by atoms with Gasteiger partial charge in [-0.25, -0.2) is 0 Å². The second kappa shape index (κ2) is 7.30. The normalized spacial score (nSPS) is 14.4. The van der Waals surface area contributed by atoms with Gasteiger partial charge in [-0.2, -0.15) is 0 Å². The zero-order valence-corrected chi connectivity index (χ0v) is 13.3. The molecule has 1 aromatic rings. The molecule has 104 valence electrons. The Labute approximate surface area is 128 Å². The third-order valence-corrected chi connectivity index (χ3v) is 4.16. The monoisotopic (exact) mass is 343 g/mol. The second-order valence-electron chi connectivity index (χ2n) is 5.03. The first-order chi connectivity index (χ1) is 9.20. The van der Waals surface area contributed by atoms with Crippen LogP contribution in [0.1, 0.15) is 37.7 Å². The van der Waals surface area contributed by atoms with Gasteiger partial charge in [-0.15, -0.1) is 0 Å². The smallest absolute Gasteiger partial charge is 0.223 e. The number of unbranched alkanes of at least 4 members (excludes halogenated alkanes) is 1. The van der Waals surface area contributed by atoms with Crippen molar-refractivity contribution in [2.75, 3.05) is 5.33 Å². The number of hydrogen-bond acceptors (Lipinski definition) is 1. The summed E-state index contributed by atoms with van der Waals surface area (Å²) in [4.78, 5) is 14.3. The summed E-state index contributed by atoms with van der Waals surface area (Å²) in [6.07, 6.45) is 4.99. The van der Waals surface area contributed by atoms with Crippen LogP contribution in [0.4, 0.5) is 0 Å². The highest BCUT2D eigenvalue weighted by Gasteiger charge is 2.31. The Bertz CT molecular complexity index is 417. The molecule has 19 heavy (non-hydrogen) atoms. The van der Waals surface area contributed by atoms with Crippen molar-refractivity contribution in [3.05, 3.63) is 34.9 Å². The molecule has 2 rings (SSSR count). The summed E-state index contributed by atoms with van der Waals surface area (Å²) in [6, 6.07) is 8.24. The summed E-state index contributed by atoms with van der Waals surface area (Å²) in [7, 11) is 0. The van der Waals surface area contributed by atoms with Gasteiger partial charge in [-0.3, -0.25) is 4.79 Å². The summed E-state index contributed by atoms with van der Waals surface area (Å²) in [5, 5.41) is 1.71. The van der Waals surface area contributed by atoms with Gasteiger partial charge < -0.3 is 4.90 Å². The molecule has 1 aromatic carbocycles. The van der Waals surface area contributed by atoms with Gasteiger partial charge in [0.2, 0.25) is 5.91 Å². The molecule has 0 N–H and O–H groups in total. The molecule has 0 heterocycles. The molecule has 0 bridgehead atoms. The lowest BCUT2D eigenvalue weighted by atomic mass is 10.2. The zero-order chi connectivity index (χ0) is 13.7. The molecule has 0 aromatic heterocycles. The van der Waals surface area contributed by atoms with Crippen LogP contribution >= 0.6 is 27.5 Å². The van der Waals surface area contributed by atoms with E-state index in [9.17, 15) is 4.79 Å². The SMILES string of the molecule is O=C(CCCCBr)N(Cc1ccc(Cl)cc1)C1CC1. The van der Waals surface area contributed by atoms with Crippen LogP contribution in [0.3, 0.4) is 0 Å². The molecule has 1 saturated carbocycles. The van der Waals surface area contributed by atoms with E-state index in [1.807, 2.05) is 29.2 Å². The Morgan fingerprint density at radius 3 is 2.53 bits per heavy atom. The minimum absolute atomic E-state index is 0.290. The number of alkyl halides is 1. The van der Waals surface area contributed by atoms with E-state index in [4.69, 9.17) is 11.6 Å². The molecular formula is C15H19BrClNO. The van der Waals surface area contributed by atoms with Gasteiger partial charge in [0.1, 0.15) is 0 Å². The topological polar surface area (TPSA) is 20.3 Å². The van der Waals surface area contributed by atoms with E-state index in [0.717, 1.165) is 48.1 Å². The largest absolute Gasteiger partial charge is 0.335 e. The summed E-state index contributed by atoms with van der Waals surface area (Å²) in [5.41, 5.74) is 1.16. The van der Waals surface area contributed by atoms with E-state index >= 15 is 0 Å². The summed E-state index contributed by atoms with van der Waals surface area (Å²) in [6.45, 7) is 0.717. The number of hydrogen-bond donors (Lipinski definition) is 0. The Morgan fingerprint density at radius 2 is 1.95 bits per heavy atom. The van der Waals surface area contributed by atoms with Crippen molar-refractivity contribution in [3.63, 3.8) is 0 Å². The first-order valence-electron chi connectivity index (χ1n) is 6.80. The Hall–Kier alpha value is -0.540. The zero-order valence-electron chi connectivity index (χ0n) is 10.9. The minimum Gasteiger partial charge on any atom is -0.335 e. The molecule has 1 aliphatic rings. The van der Waals surface area contributed by atoms with Gasteiger partial charge >= 0.3 is 0 Å². The van der Waals surface area contributed by atoms with Crippen LogP contribution in [0.25, 0.3) is 0 Å². The molecule has 1 fully saturated rings. The number of halogens is 2. The third-order valence-electron chi connectivity index (χ3n) is 3.35. The van der Waals surface area contributed by atoms with Crippen molar-refractivity contribution < 1.29 is 4.79 Å². The molecule has 1 amide bonds. The van der Waals surface area contributed by atoms with Crippen molar-refractivity contribution >= 4 is 33.4 Å². The lowest BCUT2D eigenvalue weighted by Crippen LogP contribution is -2.32. The number of carbonyl (C=O) groups is 1. The molecular weight excluding hydrogens is 326 g/mol. The lowest BCUT2D eigenvalue weighted by molar-refractivity contribution is -0.132. The molecule has 4 heteroatoms. The highest BCUT2D eigenvalue weighted by Crippen LogP contribution is 2.29. The van der Waals surface area contributed by atoms with E-state index in [2.05, 4.69) is 15.9 Å². The number of carbonyl (C=O) groups excluding carboxylic acids is 1. The van der Waals surface area contributed by atoms with E-state index in [1.54, 1.807) is 0 Å². The number of rotatable bonds is 7. The van der Waals surface area contributed by atoms with Crippen LogP contribution in [-0.2, 0) is 11.3 Å². The lowest BCUT2D eigenvalue weighted by Gasteiger charge is -2.22. The average molecular weight is 345 g/mol. The third kappa shape index (κ3) is 4.81. The highest BCUT2D eigenvalue weighted by atomic mass is 79.9. The van der Waals surface area contributed by atoms with Crippen LogP contribution in [0.2, 0.25) is 5.02 Å². The van der Waals surface area contributed by atoms with Crippen LogP contribution in [-0.4, -0.2) is 22.2 Å². The molecule has 0 spiro atoms. The first-order valence-corrected chi connectivity index (χ1v) is 8.30. The Balaban J connectivity index is 1.92.